The summed E-state index contributed by atoms with van der Waals surface area (Å²) in [5.41, 5.74) is 0.267. The van der Waals surface area contributed by atoms with E-state index < -0.39 is 10.9 Å². The van der Waals surface area contributed by atoms with E-state index in [9.17, 15) is 20.0 Å². The fourth-order valence-electron chi connectivity index (χ4n) is 2.35. The van der Waals surface area contributed by atoms with Gasteiger partial charge in [-0.1, -0.05) is 36.4 Å². The summed E-state index contributed by atoms with van der Waals surface area (Å²) in [5.74, 6) is -0.536. The van der Waals surface area contributed by atoms with Gasteiger partial charge in [-0.15, -0.1) is 5.10 Å². The molecule has 1 heterocycles. The average Bonchev–Trinajstić information content (AvgIpc) is 3.17. The molecule has 2 N–H and O–H groups in total. The van der Waals surface area contributed by atoms with Crippen LogP contribution in [0.4, 0.5) is 5.69 Å². The number of hydrogen-bond donors (Lipinski definition) is 2. The highest BCUT2D eigenvalue weighted by Gasteiger charge is 2.18. The molecule has 3 aromatic rings. The third-order valence-corrected chi connectivity index (χ3v) is 5.98. The number of nitrogens with one attached hydrogen (secondary N) is 1. The van der Waals surface area contributed by atoms with Crippen LogP contribution in [0.15, 0.2) is 62.3 Å². The van der Waals surface area contributed by atoms with Crippen LogP contribution in [0.5, 0.6) is 0 Å². The minimum absolute atomic E-state index is 0.0518. The second-order valence-electron chi connectivity index (χ2n) is 5.87. The number of thioether (sulfide) groups is 1. The summed E-state index contributed by atoms with van der Waals surface area (Å²) in [6.45, 7) is 1.89. The second kappa shape index (κ2) is 9.79. The van der Waals surface area contributed by atoms with Crippen molar-refractivity contribution in [3.8, 4) is 0 Å². The van der Waals surface area contributed by atoms with E-state index >= 15 is 0 Å². The molecule has 3 rings (SSSR count). The molecule has 0 atom stereocenters. The van der Waals surface area contributed by atoms with E-state index in [1.807, 2.05) is 6.92 Å². The molecule has 11 heteroatoms. The maximum Gasteiger partial charge on any atom is 0.342 e. The highest BCUT2D eigenvalue weighted by molar-refractivity contribution is 8.04. The molecular weight excluding hydrogens is 448 g/mol. The van der Waals surface area contributed by atoms with E-state index in [-0.39, 0.29) is 15.7 Å². The monoisotopic (exact) mass is 462 g/mol. The van der Waals surface area contributed by atoms with E-state index in [2.05, 4.69) is 15.2 Å². The van der Waals surface area contributed by atoms with E-state index in [1.54, 1.807) is 36.4 Å². The Kier molecular flexibility index (Phi) is 7.14. The molecule has 0 amide bonds. The van der Waals surface area contributed by atoms with Gasteiger partial charge >= 0.3 is 5.97 Å². The van der Waals surface area contributed by atoms with Crippen molar-refractivity contribution < 1.29 is 14.8 Å². The zero-order chi connectivity index (χ0) is 21.7. The number of aromatic nitrogens is 3. The van der Waals surface area contributed by atoms with Crippen molar-refractivity contribution in [1.29, 1.82) is 0 Å². The van der Waals surface area contributed by atoms with Crippen LogP contribution in [0.3, 0.4) is 0 Å². The lowest BCUT2D eigenvalue weighted by atomic mass is 10.2. The number of carboxylic acid groups (broad SMARTS) is 1. The lowest BCUT2D eigenvalue weighted by Crippen LogP contribution is -1.98. The molecule has 0 radical (unpaired) electrons. The van der Waals surface area contributed by atoms with Crippen molar-refractivity contribution >= 4 is 52.9 Å². The van der Waals surface area contributed by atoms with Crippen LogP contribution in [0, 0.1) is 10.1 Å². The second-order valence-corrected chi connectivity index (χ2v) is 8.44. The van der Waals surface area contributed by atoms with E-state index in [0.29, 0.717) is 27.7 Å². The van der Waals surface area contributed by atoms with Crippen molar-refractivity contribution in [2.75, 3.05) is 0 Å². The molecule has 0 saturated carbocycles. The van der Waals surface area contributed by atoms with Crippen LogP contribution in [0.25, 0.3) is 6.08 Å². The zero-order valence-corrected chi connectivity index (χ0v) is 17.9. The Balaban J connectivity index is 1.90. The highest BCUT2D eigenvalue weighted by atomic mass is 35.5. The van der Waals surface area contributed by atoms with Crippen molar-refractivity contribution in [3.63, 3.8) is 0 Å². The van der Waals surface area contributed by atoms with Crippen molar-refractivity contribution in [2.24, 2.45) is 0 Å². The Morgan fingerprint density at radius 2 is 2.03 bits per heavy atom. The van der Waals surface area contributed by atoms with Gasteiger partial charge in [0.25, 0.3) is 5.69 Å². The summed E-state index contributed by atoms with van der Waals surface area (Å²) in [4.78, 5) is 28.1. The summed E-state index contributed by atoms with van der Waals surface area (Å²) in [7, 11) is 0. The number of hydrogen-bond acceptors (Lipinski definition) is 7. The molecule has 0 spiro atoms. The molecule has 0 aliphatic carbocycles. The van der Waals surface area contributed by atoms with Crippen LogP contribution >= 0.6 is 35.1 Å². The van der Waals surface area contributed by atoms with Crippen LogP contribution in [0.1, 0.15) is 18.3 Å². The number of benzene rings is 2. The highest BCUT2D eigenvalue weighted by Crippen LogP contribution is 2.36. The summed E-state index contributed by atoms with van der Waals surface area (Å²) >= 11 is 7.97. The van der Waals surface area contributed by atoms with Crippen molar-refractivity contribution in [1.82, 2.24) is 15.2 Å². The maximum absolute atomic E-state index is 11.6. The molecule has 2 aromatic carbocycles. The van der Waals surface area contributed by atoms with E-state index in [1.165, 1.54) is 23.9 Å². The quantitative estimate of drug-likeness (QED) is 0.200. The maximum atomic E-state index is 11.6. The minimum atomic E-state index is -1.18. The first-order valence-corrected chi connectivity index (χ1v) is 10.6. The minimum Gasteiger partial charge on any atom is -0.477 e. The van der Waals surface area contributed by atoms with Gasteiger partial charge in [-0.3, -0.25) is 15.2 Å². The van der Waals surface area contributed by atoms with Crippen LogP contribution in [-0.4, -0.2) is 31.2 Å². The molecule has 8 nitrogen and oxygen atoms in total. The van der Waals surface area contributed by atoms with Gasteiger partial charge in [-0.05, 0) is 53.7 Å². The average molecular weight is 463 g/mol. The van der Waals surface area contributed by atoms with Gasteiger partial charge in [-0.25, -0.2) is 9.78 Å². The first-order valence-electron chi connectivity index (χ1n) is 8.61. The summed E-state index contributed by atoms with van der Waals surface area (Å²) < 4.78 is 0. The number of carboxylic acids is 1. The van der Waals surface area contributed by atoms with Crippen LogP contribution in [0.2, 0.25) is 5.02 Å². The molecule has 0 fully saturated rings. The standard InChI is InChI=1S/C19H15ClN4O4S2/c1-2-17-21-19(23-22-17)30-16(18(25)26)10-11-3-8-15(14(9-11)24(27)28)29-13-6-4-12(20)5-7-13/h3-10H,2H2,1H3,(H,25,26)(H,21,22,23)/b16-10+. The van der Waals surface area contributed by atoms with E-state index in [0.717, 1.165) is 16.7 Å². The Hall–Kier alpha value is -2.82. The fraction of sp³-hybridized carbons (Fsp3) is 0.105. The SMILES string of the molecule is CCc1nc(S/C(=C/c2ccc(Sc3ccc(Cl)cc3)c([N+](=O)[O-])c2)C(=O)O)n[nH]1. The molecule has 0 saturated heterocycles. The van der Waals surface area contributed by atoms with Crippen molar-refractivity contribution in [3.05, 3.63) is 73.9 Å². The number of halogens is 1. The Morgan fingerprint density at radius 1 is 1.30 bits per heavy atom. The fourth-order valence-corrected chi connectivity index (χ4v) is 4.10. The van der Waals surface area contributed by atoms with Gasteiger partial charge in [0, 0.05) is 22.4 Å². The molecule has 0 unspecified atom stereocenters. The van der Waals surface area contributed by atoms with Gasteiger partial charge < -0.3 is 5.11 Å². The largest absolute Gasteiger partial charge is 0.477 e. The number of nitro groups is 1. The third-order valence-electron chi connectivity index (χ3n) is 3.78. The first kappa shape index (κ1) is 21.9. The number of aryl methyl sites for hydroxylation is 1. The van der Waals surface area contributed by atoms with Gasteiger partial charge in [-0.2, -0.15) is 0 Å². The summed E-state index contributed by atoms with van der Waals surface area (Å²) in [5, 5.41) is 28.6. The van der Waals surface area contributed by atoms with Crippen molar-refractivity contribution in [2.45, 2.75) is 28.3 Å². The summed E-state index contributed by atoms with van der Waals surface area (Å²) in [6.07, 6.45) is 2.00. The van der Waals surface area contributed by atoms with Gasteiger partial charge in [0.2, 0.25) is 5.16 Å². The number of nitrogens with zero attached hydrogens (tertiary/aromatic N) is 3. The number of aromatic amines is 1. The molecule has 154 valence electrons. The summed E-state index contributed by atoms with van der Waals surface area (Å²) in [6, 6.07) is 11.5. The number of H-pyrrole nitrogens is 1. The smallest absolute Gasteiger partial charge is 0.342 e. The molecule has 0 aliphatic heterocycles. The number of carbonyl (C=O) groups is 1. The topological polar surface area (TPSA) is 122 Å². The molecular formula is C19H15ClN4O4S2. The normalized spacial score (nSPS) is 11.5. The Morgan fingerprint density at radius 3 is 2.63 bits per heavy atom. The predicted molar refractivity (Wildman–Crippen MR) is 116 cm³/mol. The molecule has 0 bridgehead atoms. The lowest BCUT2D eigenvalue weighted by Gasteiger charge is -2.05. The molecule has 30 heavy (non-hydrogen) atoms. The number of nitro benzene ring substituents is 1. The first-order chi connectivity index (χ1) is 14.4. The Bertz CT molecular complexity index is 1120. The third kappa shape index (κ3) is 5.62. The Labute approximate surface area is 184 Å². The van der Waals surface area contributed by atoms with Crippen LogP contribution < -0.4 is 0 Å². The van der Waals surface area contributed by atoms with Crippen LogP contribution in [-0.2, 0) is 11.2 Å². The zero-order valence-electron chi connectivity index (χ0n) is 15.5. The number of aliphatic carboxylic acids is 1. The molecule has 1 aromatic heterocycles. The predicted octanol–water partition coefficient (Wildman–Crippen LogP) is 5.30. The van der Waals surface area contributed by atoms with E-state index in [4.69, 9.17) is 11.6 Å². The van der Waals surface area contributed by atoms with Gasteiger partial charge in [0.1, 0.15) is 10.7 Å². The lowest BCUT2D eigenvalue weighted by molar-refractivity contribution is -0.387. The van der Waals surface area contributed by atoms with Gasteiger partial charge in [0.15, 0.2) is 0 Å². The number of rotatable bonds is 8. The molecule has 0 aliphatic rings. The van der Waals surface area contributed by atoms with Gasteiger partial charge in [0.05, 0.1) is 9.82 Å².